The molecule has 2 aromatic rings. The largest absolute Gasteiger partial charge is 0.340 e. The third kappa shape index (κ3) is 2.25. The molecule has 1 saturated heterocycles. The van der Waals surface area contributed by atoms with Gasteiger partial charge in [-0.2, -0.15) is 0 Å². The summed E-state index contributed by atoms with van der Waals surface area (Å²) in [7, 11) is 0. The van der Waals surface area contributed by atoms with Crippen molar-refractivity contribution in [3.63, 3.8) is 0 Å². The van der Waals surface area contributed by atoms with Crippen molar-refractivity contribution in [1.82, 2.24) is 9.97 Å². The van der Waals surface area contributed by atoms with E-state index < -0.39 is 0 Å². The lowest BCUT2D eigenvalue weighted by molar-refractivity contribution is 0.671. The third-order valence-corrected chi connectivity index (χ3v) is 3.78. The van der Waals surface area contributed by atoms with Crippen LogP contribution < -0.4 is 4.90 Å². The van der Waals surface area contributed by atoms with E-state index in [4.69, 9.17) is 0 Å². The van der Waals surface area contributed by atoms with Gasteiger partial charge in [-0.3, -0.25) is 0 Å². The van der Waals surface area contributed by atoms with Gasteiger partial charge in [-0.25, -0.2) is 9.97 Å². The molecule has 3 nitrogen and oxygen atoms in total. The van der Waals surface area contributed by atoms with Gasteiger partial charge in [0.25, 0.3) is 0 Å². The number of rotatable bonds is 1. The first kappa shape index (κ1) is 11.7. The molecule has 92 valence electrons. The van der Waals surface area contributed by atoms with Crippen LogP contribution in [0.25, 0.3) is 10.9 Å². The predicted octanol–water partition coefficient (Wildman–Crippen LogP) is 3.55. The number of fused-ring (bicyclic) bond motifs is 1. The Morgan fingerprint density at radius 2 is 2.00 bits per heavy atom. The zero-order chi connectivity index (χ0) is 12.5. The van der Waals surface area contributed by atoms with Gasteiger partial charge in [-0.1, -0.05) is 28.1 Å². The second kappa shape index (κ2) is 4.69. The van der Waals surface area contributed by atoms with Gasteiger partial charge in [0.15, 0.2) is 0 Å². The van der Waals surface area contributed by atoms with Crippen LogP contribution in [0.1, 0.15) is 12.8 Å². The van der Waals surface area contributed by atoms with Crippen LogP contribution in [0.4, 0.5) is 5.95 Å². The van der Waals surface area contributed by atoms with Crippen LogP contribution in [0.3, 0.4) is 0 Å². The van der Waals surface area contributed by atoms with Gasteiger partial charge < -0.3 is 4.90 Å². The van der Waals surface area contributed by atoms with E-state index >= 15 is 0 Å². The van der Waals surface area contributed by atoms with E-state index in [0.29, 0.717) is 0 Å². The predicted molar refractivity (Wildman–Crippen MR) is 77.8 cm³/mol. The van der Waals surface area contributed by atoms with Crippen LogP contribution >= 0.6 is 15.9 Å². The van der Waals surface area contributed by atoms with Crippen molar-refractivity contribution in [3.8, 4) is 0 Å². The van der Waals surface area contributed by atoms with Crippen LogP contribution in [0.15, 0.2) is 41.0 Å². The highest BCUT2D eigenvalue weighted by atomic mass is 79.9. The van der Waals surface area contributed by atoms with Gasteiger partial charge in [0, 0.05) is 29.1 Å². The Balaban J connectivity index is 1.93. The molecule has 3 rings (SSSR count). The van der Waals surface area contributed by atoms with Gasteiger partial charge >= 0.3 is 0 Å². The van der Waals surface area contributed by atoms with E-state index in [-0.39, 0.29) is 0 Å². The lowest BCUT2D eigenvalue weighted by atomic mass is 10.1. The smallest absolute Gasteiger partial charge is 0.225 e. The summed E-state index contributed by atoms with van der Waals surface area (Å²) in [6.45, 7) is 5.98. The molecule has 4 heteroatoms. The molecule has 0 aliphatic carbocycles. The molecule has 0 bridgehead atoms. The lowest BCUT2D eigenvalue weighted by Gasteiger charge is -2.27. The molecule has 0 atom stereocenters. The first-order valence-electron chi connectivity index (χ1n) is 6.06. The molecule has 2 heterocycles. The molecular formula is C14H14BrN3. The quantitative estimate of drug-likeness (QED) is 0.755. The molecule has 1 aromatic carbocycles. The monoisotopic (exact) mass is 303 g/mol. The summed E-state index contributed by atoms with van der Waals surface area (Å²) < 4.78 is 1.06. The van der Waals surface area contributed by atoms with E-state index in [1.165, 1.54) is 5.57 Å². The second-order valence-electron chi connectivity index (χ2n) is 4.61. The molecule has 0 amide bonds. The summed E-state index contributed by atoms with van der Waals surface area (Å²) in [6, 6.07) is 6.07. The SMILES string of the molecule is C=C1CCN(c2ncc3cc(Br)ccc3n2)CC1. The molecule has 0 N–H and O–H groups in total. The lowest BCUT2D eigenvalue weighted by Crippen LogP contribution is -2.31. The van der Waals surface area contributed by atoms with Crippen LogP contribution in [0.5, 0.6) is 0 Å². The van der Waals surface area contributed by atoms with Crippen molar-refractivity contribution in [3.05, 3.63) is 41.0 Å². The fraction of sp³-hybridized carbons (Fsp3) is 0.286. The van der Waals surface area contributed by atoms with Gasteiger partial charge in [-0.05, 0) is 31.0 Å². The minimum atomic E-state index is 0.831. The van der Waals surface area contributed by atoms with Crippen molar-refractivity contribution in [2.75, 3.05) is 18.0 Å². The molecule has 0 radical (unpaired) electrons. The number of hydrogen-bond acceptors (Lipinski definition) is 3. The van der Waals surface area contributed by atoms with Gasteiger partial charge in [0.05, 0.1) is 5.52 Å². The minimum Gasteiger partial charge on any atom is -0.340 e. The average Bonchev–Trinajstić information content (AvgIpc) is 2.39. The Hall–Kier alpha value is -1.42. The Morgan fingerprint density at radius 1 is 1.22 bits per heavy atom. The van der Waals surface area contributed by atoms with Crippen molar-refractivity contribution in [2.24, 2.45) is 0 Å². The molecule has 1 aromatic heterocycles. The summed E-state index contributed by atoms with van der Waals surface area (Å²) in [5.74, 6) is 0.831. The Labute approximate surface area is 115 Å². The van der Waals surface area contributed by atoms with Crippen LogP contribution in [0.2, 0.25) is 0 Å². The maximum absolute atomic E-state index is 4.63. The Bertz CT molecular complexity index is 599. The first-order chi connectivity index (χ1) is 8.72. The fourth-order valence-electron chi connectivity index (χ4n) is 2.17. The number of anilines is 1. The van der Waals surface area contributed by atoms with E-state index in [9.17, 15) is 0 Å². The number of aromatic nitrogens is 2. The number of halogens is 1. The van der Waals surface area contributed by atoms with E-state index in [1.807, 2.05) is 24.4 Å². The molecule has 0 spiro atoms. The number of piperidine rings is 1. The van der Waals surface area contributed by atoms with Crippen molar-refractivity contribution in [2.45, 2.75) is 12.8 Å². The second-order valence-corrected chi connectivity index (χ2v) is 5.53. The normalized spacial score (nSPS) is 16.3. The van der Waals surface area contributed by atoms with Crippen LogP contribution in [0, 0.1) is 0 Å². The minimum absolute atomic E-state index is 0.831. The maximum Gasteiger partial charge on any atom is 0.225 e. The summed E-state index contributed by atoms with van der Waals surface area (Å²) >= 11 is 3.46. The molecule has 0 saturated carbocycles. The van der Waals surface area contributed by atoms with Crippen molar-refractivity contribution in [1.29, 1.82) is 0 Å². The summed E-state index contributed by atoms with van der Waals surface area (Å²) in [6.07, 6.45) is 3.98. The number of hydrogen-bond donors (Lipinski definition) is 0. The zero-order valence-corrected chi connectivity index (χ0v) is 11.7. The Kier molecular flexibility index (Phi) is 3.04. The highest BCUT2D eigenvalue weighted by molar-refractivity contribution is 9.10. The van der Waals surface area contributed by atoms with Crippen molar-refractivity contribution < 1.29 is 0 Å². The highest BCUT2D eigenvalue weighted by Crippen LogP contribution is 2.22. The molecular weight excluding hydrogens is 290 g/mol. The number of nitrogens with zero attached hydrogens (tertiary/aromatic N) is 3. The maximum atomic E-state index is 4.63. The molecule has 1 fully saturated rings. The van der Waals surface area contributed by atoms with E-state index in [0.717, 1.165) is 47.3 Å². The number of benzene rings is 1. The van der Waals surface area contributed by atoms with Gasteiger partial charge in [-0.15, -0.1) is 0 Å². The summed E-state index contributed by atoms with van der Waals surface area (Å²) in [5.41, 5.74) is 2.32. The standard InChI is InChI=1S/C14H14BrN3/c1-10-4-6-18(7-5-10)14-16-9-11-8-12(15)2-3-13(11)17-14/h2-3,8-9H,1,4-7H2. The molecule has 1 aliphatic heterocycles. The van der Waals surface area contributed by atoms with E-state index in [1.54, 1.807) is 0 Å². The van der Waals surface area contributed by atoms with Crippen LogP contribution in [-0.2, 0) is 0 Å². The third-order valence-electron chi connectivity index (χ3n) is 3.28. The average molecular weight is 304 g/mol. The first-order valence-corrected chi connectivity index (χ1v) is 6.85. The Morgan fingerprint density at radius 3 is 2.78 bits per heavy atom. The molecule has 18 heavy (non-hydrogen) atoms. The molecule has 1 aliphatic rings. The fourth-order valence-corrected chi connectivity index (χ4v) is 2.55. The molecule has 0 unspecified atom stereocenters. The topological polar surface area (TPSA) is 29.0 Å². The van der Waals surface area contributed by atoms with E-state index in [2.05, 4.69) is 37.4 Å². The summed E-state index contributed by atoms with van der Waals surface area (Å²) in [5, 5.41) is 1.06. The van der Waals surface area contributed by atoms with Gasteiger partial charge in [0.1, 0.15) is 0 Å². The van der Waals surface area contributed by atoms with Crippen molar-refractivity contribution >= 4 is 32.8 Å². The summed E-state index contributed by atoms with van der Waals surface area (Å²) in [4.78, 5) is 11.3. The van der Waals surface area contributed by atoms with Gasteiger partial charge in [0.2, 0.25) is 5.95 Å². The highest BCUT2D eigenvalue weighted by Gasteiger charge is 2.15. The zero-order valence-electron chi connectivity index (χ0n) is 10.1. The van der Waals surface area contributed by atoms with Crippen LogP contribution in [-0.4, -0.2) is 23.1 Å².